The molecule has 0 aliphatic carbocycles. The Hall–Kier alpha value is -3.07. The molecule has 34 heavy (non-hydrogen) atoms. The topological polar surface area (TPSA) is 18.5 Å². The van der Waals surface area contributed by atoms with Gasteiger partial charge in [-0.1, -0.05) is 37.8 Å². The fourth-order valence-electron chi connectivity index (χ4n) is 3.48. The van der Waals surface area contributed by atoms with Crippen molar-refractivity contribution in [2.45, 2.75) is 32.0 Å². The number of alkyl halides is 2. The van der Waals surface area contributed by atoms with Crippen LogP contribution in [0.5, 0.6) is 5.75 Å². The molecule has 2 aromatic carbocycles. The van der Waals surface area contributed by atoms with Crippen molar-refractivity contribution in [1.29, 1.82) is 0 Å². The second-order valence-corrected chi connectivity index (χ2v) is 7.91. The average molecular weight is 486 g/mol. The van der Waals surface area contributed by atoms with E-state index in [0.29, 0.717) is 24.7 Å². The lowest BCUT2D eigenvalue weighted by Gasteiger charge is -2.27. The van der Waals surface area contributed by atoms with Gasteiger partial charge in [0.15, 0.2) is 17.5 Å². The van der Waals surface area contributed by atoms with Gasteiger partial charge in [-0.2, -0.15) is 8.78 Å². The maximum absolute atomic E-state index is 14.4. The summed E-state index contributed by atoms with van der Waals surface area (Å²) in [5, 5.41) is 0. The summed E-state index contributed by atoms with van der Waals surface area (Å²) in [6.45, 7) is 6.41. The minimum absolute atomic E-state index is 0.0636. The molecule has 2 atom stereocenters. The fraction of sp³-hybridized carbons (Fsp3) is 0.280. The average Bonchev–Trinajstić information content (AvgIpc) is 2.75. The molecule has 0 radical (unpaired) electrons. The zero-order valence-corrected chi connectivity index (χ0v) is 18.1. The number of ether oxygens (including phenoxy) is 2. The van der Waals surface area contributed by atoms with E-state index in [-0.39, 0.29) is 23.8 Å². The smallest absolute Gasteiger partial charge is 0.429 e. The fourth-order valence-corrected chi connectivity index (χ4v) is 3.48. The molecule has 0 N–H and O–H groups in total. The van der Waals surface area contributed by atoms with Gasteiger partial charge in [0.2, 0.25) is 0 Å². The van der Waals surface area contributed by atoms with Gasteiger partial charge >= 0.3 is 6.11 Å². The summed E-state index contributed by atoms with van der Waals surface area (Å²) in [7, 11) is 0. The SMILES string of the molecule is C=C/C(=C\C=C\c1cc(F)c(C(F)(F)Oc2cc(F)c(F)c(F)c2)c(F)c1)C1CCC(C)CO1. The number of hydrogen-bond acceptors (Lipinski definition) is 2. The molecule has 0 spiro atoms. The lowest BCUT2D eigenvalue weighted by atomic mass is 9.95. The first-order chi connectivity index (χ1) is 16.0. The van der Waals surface area contributed by atoms with Crippen LogP contribution >= 0.6 is 0 Å². The molecule has 2 nitrogen and oxygen atoms in total. The molecule has 1 saturated heterocycles. The van der Waals surface area contributed by atoms with Crippen LogP contribution < -0.4 is 4.74 Å². The number of hydrogen-bond donors (Lipinski definition) is 0. The van der Waals surface area contributed by atoms with Gasteiger partial charge in [0.05, 0.1) is 6.10 Å². The number of rotatable bonds is 7. The minimum Gasteiger partial charge on any atom is -0.429 e. The van der Waals surface area contributed by atoms with Crippen molar-refractivity contribution in [3.63, 3.8) is 0 Å². The van der Waals surface area contributed by atoms with Crippen molar-refractivity contribution >= 4 is 6.08 Å². The highest BCUT2D eigenvalue weighted by Crippen LogP contribution is 2.36. The molecule has 9 heteroatoms. The second-order valence-electron chi connectivity index (χ2n) is 7.91. The van der Waals surface area contributed by atoms with Crippen LogP contribution in [0.1, 0.15) is 30.9 Å². The van der Waals surface area contributed by atoms with Crippen molar-refractivity contribution in [2.24, 2.45) is 5.92 Å². The van der Waals surface area contributed by atoms with Gasteiger partial charge in [-0.3, -0.25) is 0 Å². The second kappa shape index (κ2) is 10.5. The summed E-state index contributed by atoms with van der Waals surface area (Å²) in [4.78, 5) is 0. The van der Waals surface area contributed by atoms with Crippen LogP contribution in [0.4, 0.5) is 30.7 Å². The summed E-state index contributed by atoms with van der Waals surface area (Å²) in [5.41, 5.74) is -1.06. The first kappa shape index (κ1) is 25.6. The first-order valence-corrected chi connectivity index (χ1v) is 10.3. The predicted molar refractivity (Wildman–Crippen MR) is 113 cm³/mol. The molecule has 0 saturated carbocycles. The lowest BCUT2D eigenvalue weighted by Crippen LogP contribution is -2.25. The Labute approximate surface area is 192 Å². The van der Waals surface area contributed by atoms with Crippen LogP contribution in [0.2, 0.25) is 0 Å². The van der Waals surface area contributed by atoms with Gasteiger partial charge in [-0.05, 0) is 42.0 Å². The molecule has 0 amide bonds. The van der Waals surface area contributed by atoms with E-state index < -0.39 is 46.5 Å². The maximum Gasteiger partial charge on any atom is 0.432 e. The van der Waals surface area contributed by atoms with E-state index in [1.54, 1.807) is 12.2 Å². The summed E-state index contributed by atoms with van der Waals surface area (Å²) in [5.74, 6) is -9.49. The van der Waals surface area contributed by atoms with Crippen LogP contribution in [0, 0.1) is 35.0 Å². The van der Waals surface area contributed by atoms with Crippen molar-refractivity contribution < 1.29 is 40.2 Å². The molecule has 1 heterocycles. The highest BCUT2D eigenvalue weighted by atomic mass is 19.3. The molecular formula is C25H21F7O2. The van der Waals surface area contributed by atoms with Crippen LogP contribution in [0.25, 0.3) is 6.08 Å². The Kier molecular flexibility index (Phi) is 7.86. The van der Waals surface area contributed by atoms with Crippen molar-refractivity contribution in [2.75, 3.05) is 6.61 Å². The van der Waals surface area contributed by atoms with Crippen LogP contribution in [0.15, 0.2) is 54.6 Å². The molecule has 182 valence electrons. The number of allylic oxidation sites excluding steroid dienone is 2. The Morgan fingerprint density at radius 1 is 1.00 bits per heavy atom. The van der Waals surface area contributed by atoms with Gasteiger partial charge in [0.25, 0.3) is 0 Å². The molecule has 0 aromatic heterocycles. The monoisotopic (exact) mass is 486 g/mol. The molecular weight excluding hydrogens is 465 g/mol. The van der Waals surface area contributed by atoms with Crippen LogP contribution in [-0.2, 0) is 10.8 Å². The molecule has 1 fully saturated rings. The van der Waals surface area contributed by atoms with E-state index in [4.69, 9.17) is 4.74 Å². The third-order valence-electron chi connectivity index (χ3n) is 5.25. The van der Waals surface area contributed by atoms with Crippen molar-refractivity contribution in [3.8, 4) is 5.75 Å². The van der Waals surface area contributed by atoms with Crippen LogP contribution in [0.3, 0.4) is 0 Å². The van der Waals surface area contributed by atoms with Crippen LogP contribution in [-0.4, -0.2) is 12.7 Å². The third-order valence-corrected chi connectivity index (χ3v) is 5.25. The molecule has 3 rings (SSSR count). The van der Waals surface area contributed by atoms with E-state index in [1.165, 1.54) is 12.2 Å². The van der Waals surface area contributed by atoms with E-state index in [0.717, 1.165) is 18.4 Å². The Morgan fingerprint density at radius 3 is 2.15 bits per heavy atom. The molecule has 1 aliphatic rings. The Bertz CT molecular complexity index is 1070. The van der Waals surface area contributed by atoms with E-state index in [9.17, 15) is 30.7 Å². The summed E-state index contributed by atoms with van der Waals surface area (Å²) in [6, 6.07) is 1.58. The minimum atomic E-state index is -4.64. The van der Waals surface area contributed by atoms with E-state index in [2.05, 4.69) is 18.2 Å². The Balaban J connectivity index is 1.80. The van der Waals surface area contributed by atoms with Crippen molar-refractivity contribution in [1.82, 2.24) is 0 Å². The quantitative estimate of drug-likeness (QED) is 0.230. The van der Waals surface area contributed by atoms with E-state index >= 15 is 0 Å². The maximum atomic E-state index is 14.4. The first-order valence-electron chi connectivity index (χ1n) is 10.3. The third kappa shape index (κ3) is 5.88. The van der Waals surface area contributed by atoms with Gasteiger partial charge in [-0.15, -0.1) is 0 Å². The normalized spacial score (nSPS) is 19.5. The zero-order chi connectivity index (χ0) is 25.0. The summed E-state index contributed by atoms with van der Waals surface area (Å²) in [6.07, 6.45) is 3.00. The summed E-state index contributed by atoms with van der Waals surface area (Å²) >= 11 is 0. The highest BCUT2D eigenvalue weighted by Gasteiger charge is 2.41. The Morgan fingerprint density at radius 2 is 1.62 bits per heavy atom. The molecule has 2 aromatic rings. The van der Waals surface area contributed by atoms with Gasteiger partial charge in [0, 0.05) is 18.7 Å². The highest BCUT2D eigenvalue weighted by molar-refractivity contribution is 5.53. The van der Waals surface area contributed by atoms with Gasteiger partial charge < -0.3 is 9.47 Å². The van der Waals surface area contributed by atoms with Crippen molar-refractivity contribution in [3.05, 3.63) is 94.9 Å². The number of benzene rings is 2. The summed E-state index contributed by atoms with van der Waals surface area (Å²) < 4.78 is 107. The largest absolute Gasteiger partial charge is 0.432 e. The molecule has 2 unspecified atom stereocenters. The predicted octanol–water partition coefficient (Wildman–Crippen LogP) is 7.45. The van der Waals surface area contributed by atoms with Gasteiger partial charge in [-0.25, -0.2) is 22.0 Å². The zero-order valence-electron chi connectivity index (χ0n) is 18.1. The molecule has 1 aliphatic heterocycles. The standard InChI is InChI=1S/C25H21F7O2/c1-3-16(22-8-7-14(2)13-33-22)6-4-5-15-9-18(26)23(19(27)10-15)25(31,32)34-17-11-20(28)24(30)21(29)12-17/h3-6,9-12,14,22H,1,7-8,13H2,2H3/b5-4+,16-6+. The molecule has 0 bridgehead atoms. The van der Waals surface area contributed by atoms with Gasteiger partial charge in [0.1, 0.15) is 22.9 Å². The number of halogens is 7. The van der Waals surface area contributed by atoms with E-state index in [1.807, 2.05) is 0 Å². The lowest BCUT2D eigenvalue weighted by molar-refractivity contribution is -0.189.